The van der Waals surface area contributed by atoms with Crippen molar-refractivity contribution < 1.29 is 33.2 Å². The summed E-state index contributed by atoms with van der Waals surface area (Å²) in [5.41, 5.74) is 1.76. The Kier molecular flexibility index (Phi) is 7.83. The van der Waals surface area contributed by atoms with E-state index in [0.29, 0.717) is 0 Å². The molecule has 2 rings (SSSR count). The highest BCUT2D eigenvalue weighted by Gasteiger charge is 2.04. The molecule has 0 radical (unpaired) electrons. The van der Waals surface area contributed by atoms with Crippen LogP contribution in [0.2, 0.25) is 0 Å². The highest BCUT2D eigenvalue weighted by Crippen LogP contribution is 2.11. The number of alkyl halides is 1. The van der Waals surface area contributed by atoms with E-state index >= 15 is 0 Å². The number of pyridine rings is 1. The lowest BCUT2D eigenvalue weighted by molar-refractivity contribution is -0.671. The van der Waals surface area contributed by atoms with Gasteiger partial charge in [-0.05, 0) is 16.2 Å². The van der Waals surface area contributed by atoms with Crippen molar-refractivity contribution >= 4 is 22.6 Å². The molecule has 0 fully saturated rings. The van der Waals surface area contributed by atoms with E-state index in [1.807, 2.05) is 41.1 Å². The van der Waals surface area contributed by atoms with E-state index in [4.69, 9.17) is 0 Å². The topological polar surface area (TPSA) is 42.8 Å². The van der Waals surface area contributed by atoms with Gasteiger partial charge >= 0.3 is 0 Å². The first-order valence-corrected chi connectivity index (χ1v) is 6.13. The molecule has 0 spiro atoms. The van der Waals surface area contributed by atoms with E-state index in [1.54, 1.807) is 6.20 Å². The third kappa shape index (κ3) is 4.41. The number of aryl methyl sites for hydroxylation is 1. The number of nitrogens with zero attached hydrogens (tertiary/aromatic N) is 3. The number of hydrogen-bond donors (Lipinski definition) is 0. The minimum Gasteiger partial charge on any atom is -1.00 e. The Morgan fingerprint density at radius 3 is 2.67 bits per heavy atom. The maximum atomic E-state index is 4.50. The standard InChI is InChI=1S/C8H8N3O.CH3I.HI/c1-11-4-2-3-7(6-11)8-5-9-12-10-8;1-2;/h2-6H,1H3;1H3;1H/q+1;;/p-1. The van der Waals surface area contributed by atoms with Crippen molar-refractivity contribution in [2.24, 2.45) is 7.05 Å². The summed E-state index contributed by atoms with van der Waals surface area (Å²) in [4.78, 5) is 1.97. The molecule has 6 heteroatoms. The molecule has 0 atom stereocenters. The zero-order valence-electron chi connectivity index (χ0n) is 8.39. The lowest BCUT2D eigenvalue weighted by Crippen LogP contribution is -3.00. The predicted octanol–water partition coefficient (Wildman–Crippen LogP) is -1.38. The van der Waals surface area contributed by atoms with Crippen molar-refractivity contribution in [1.82, 2.24) is 10.3 Å². The van der Waals surface area contributed by atoms with Crippen LogP contribution in [0.25, 0.3) is 11.3 Å². The van der Waals surface area contributed by atoms with Gasteiger partial charge in [-0.1, -0.05) is 27.7 Å². The zero-order valence-corrected chi connectivity index (χ0v) is 12.7. The quantitative estimate of drug-likeness (QED) is 0.318. The summed E-state index contributed by atoms with van der Waals surface area (Å²) >= 11 is 2.15. The fraction of sp³-hybridized carbons (Fsp3) is 0.222. The maximum absolute atomic E-state index is 4.50. The molecule has 0 aromatic carbocycles. The monoisotopic (exact) mass is 431 g/mol. The van der Waals surface area contributed by atoms with Gasteiger partial charge in [0.2, 0.25) is 0 Å². The Morgan fingerprint density at radius 1 is 1.40 bits per heavy atom. The summed E-state index contributed by atoms with van der Waals surface area (Å²) in [6, 6.07) is 3.91. The Balaban J connectivity index is 0.000000617. The minimum atomic E-state index is 0. The number of hydrogen-bond acceptors (Lipinski definition) is 3. The van der Waals surface area contributed by atoms with Gasteiger partial charge in [-0.25, -0.2) is 9.20 Å². The second kappa shape index (κ2) is 7.97. The molecular weight excluding hydrogens is 420 g/mol. The Bertz CT molecular complexity index is 379. The molecule has 0 amide bonds. The van der Waals surface area contributed by atoms with Gasteiger partial charge in [0.15, 0.2) is 12.4 Å². The van der Waals surface area contributed by atoms with E-state index < -0.39 is 0 Å². The van der Waals surface area contributed by atoms with Gasteiger partial charge in [0.05, 0.1) is 11.8 Å². The molecule has 0 saturated carbocycles. The van der Waals surface area contributed by atoms with Crippen molar-refractivity contribution in [3.63, 3.8) is 0 Å². The number of aromatic nitrogens is 3. The Labute approximate surface area is 119 Å². The van der Waals surface area contributed by atoms with Gasteiger partial charge in [-0.2, -0.15) is 0 Å². The molecule has 0 bridgehead atoms. The van der Waals surface area contributed by atoms with Crippen LogP contribution in [0.15, 0.2) is 35.4 Å². The van der Waals surface area contributed by atoms with Crippen LogP contribution < -0.4 is 28.5 Å². The lowest BCUT2D eigenvalue weighted by atomic mass is 10.2. The second-order valence-corrected chi connectivity index (χ2v) is 2.55. The average molecular weight is 431 g/mol. The Morgan fingerprint density at radius 2 is 2.13 bits per heavy atom. The molecule has 0 aliphatic rings. The summed E-state index contributed by atoms with van der Waals surface area (Å²) in [5.74, 6) is 0. The number of halogens is 2. The highest BCUT2D eigenvalue weighted by atomic mass is 127. The summed E-state index contributed by atoms with van der Waals surface area (Å²) < 4.78 is 6.45. The molecule has 0 unspecified atom stereocenters. The fourth-order valence-corrected chi connectivity index (χ4v) is 1.03. The van der Waals surface area contributed by atoms with Gasteiger partial charge in [-0.15, -0.1) is 0 Å². The van der Waals surface area contributed by atoms with E-state index in [9.17, 15) is 0 Å². The molecule has 2 heterocycles. The van der Waals surface area contributed by atoms with Crippen LogP contribution >= 0.6 is 22.6 Å². The molecule has 0 aliphatic heterocycles. The first-order valence-electron chi connectivity index (χ1n) is 3.97. The van der Waals surface area contributed by atoms with Crippen molar-refractivity contribution in [3.8, 4) is 11.3 Å². The average Bonchev–Trinajstić information content (AvgIpc) is 2.74. The predicted molar refractivity (Wildman–Crippen MR) is 60.9 cm³/mol. The molecule has 0 aliphatic carbocycles. The van der Waals surface area contributed by atoms with E-state index in [1.165, 1.54) is 0 Å². The third-order valence-corrected chi connectivity index (χ3v) is 1.60. The van der Waals surface area contributed by atoms with Crippen molar-refractivity contribution in [2.45, 2.75) is 0 Å². The van der Waals surface area contributed by atoms with Crippen LogP contribution in [0, 0.1) is 0 Å². The van der Waals surface area contributed by atoms with Gasteiger partial charge < -0.3 is 24.0 Å². The van der Waals surface area contributed by atoms with Gasteiger partial charge in [0.25, 0.3) is 0 Å². The SMILES string of the molecule is CI.C[n+]1cccc(-c2cnon2)c1.[I-]. The minimum absolute atomic E-state index is 0. The summed E-state index contributed by atoms with van der Waals surface area (Å²) in [5, 5.41) is 7.26. The number of rotatable bonds is 1. The fourth-order valence-electron chi connectivity index (χ4n) is 1.03. The summed E-state index contributed by atoms with van der Waals surface area (Å²) in [7, 11) is 1.96. The molecular formula is C9H11I2N3O. The summed E-state index contributed by atoms with van der Waals surface area (Å²) in [6.07, 6.45) is 5.51. The highest BCUT2D eigenvalue weighted by molar-refractivity contribution is 14.1. The first kappa shape index (κ1) is 14.8. The zero-order chi connectivity index (χ0) is 10.4. The lowest BCUT2D eigenvalue weighted by Gasteiger charge is -1.90. The maximum Gasteiger partial charge on any atom is 0.178 e. The normalized spacial score (nSPS) is 8.47. The van der Waals surface area contributed by atoms with Crippen molar-refractivity contribution in [1.29, 1.82) is 0 Å². The molecule has 15 heavy (non-hydrogen) atoms. The molecule has 82 valence electrons. The van der Waals surface area contributed by atoms with Gasteiger partial charge in [-0.3, -0.25) is 0 Å². The Hall–Kier alpha value is -0.250. The van der Waals surface area contributed by atoms with Gasteiger partial charge in [0.1, 0.15) is 12.7 Å². The smallest absolute Gasteiger partial charge is 0.178 e. The van der Waals surface area contributed by atoms with Crippen LogP contribution in [-0.4, -0.2) is 15.2 Å². The van der Waals surface area contributed by atoms with E-state index in [0.717, 1.165) is 11.3 Å². The van der Waals surface area contributed by atoms with Crippen LogP contribution in [0.4, 0.5) is 0 Å². The van der Waals surface area contributed by atoms with Crippen LogP contribution in [0.1, 0.15) is 0 Å². The largest absolute Gasteiger partial charge is 1.00 e. The molecule has 0 saturated heterocycles. The van der Waals surface area contributed by atoms with Crippen molar-refractivity contribution in [3.05, 3.63) is 30.7 Å². The van der Waals surface area contributed by atoms with Gasteiger partial charge in [0, 0.05) is 6.07 Å². The molecule has 2 aromatic rings. The third-order valence-electron chi connectivity index (χ3n) is 1.60. The van der Waals surface area contributed by atoms with Crippen LogP contribution in [0.5, 0.6) is 0 Å². The second-order valence-electron chi connectivity index (χ2n) is 2.55. The van der Waals surface area contributed by atoms with Crippen molar-refractivity contribution in [2.75, 3.05) is 4.93 Å². The first-order chi connectivity index (χ1) is 6.86. The van der Waals surface area contributed by atoms with E-state index in [2.05, 4.69) is 37.5 Å². The van der Waals surface area contributed by atoms with E-state index in [-0.39, 0.29) is 24.0 Å². The summed E-state index contributed by atoms with van der Waals surface area (Å²) in [6.45, 7) is 0. The molecule has 2 aromatic heterocycles. The molecule has 4 nitrogen and oxygen atoms in total. The van der Waals surface area contributed by atoms with Crippen LogP contribution in [0.3, 0.4) is 0 Å². The van der Waals surface area contributed by atoms with Crippen LogP contribution in [-0.2, 0) is 7.05 Å². The molecule has 0 N–H and O–H groups in total.